The van der Waals surface area contributed by atoms with Crippen molar-refractivity contribution in [1.29, 1.82) is 0 Å². The normalized spacial score (nSPS) is 15.9. The molecule has 13 rings (SSSR count). The van der Waals surface area contributed by atoms with E-state index in [-0.39, 0.29) is 72.1 Å². The third kappa shape index (κ3) is 20.5. The molecule has 0 spiro atoms. The molecule has 5 aromatic carbocycles. The zero-order valence-corrected chi connectivity index (χ0v) is 59.6. The molecule has 101 heavy (non-hydrogen) atoms. The Labute approximate surface area is 598 Å². The minimum Gasteiger partial charge on any atom is -0.481 e. The summed E-state index contributed by atoms with van der Waals surface area (Å²) < 4.78 is 5.28. The van der Waals surface area contributed by atoms with Gasteiger partial charge in [-0.1, -0.05) is 84.3 Å². The molecule has 8 aromatic rings. The van der Waals surface area contributed by atoms with Crippen LogP contribution in [0.5, 0.6) is 0 Å². The number of ether oxygens (including phenoxy) is 1. The first kappa shape index (κ1) is 77.2. The van der Waals surface area contributed by atoms with Crippen LogP contribution in [0.3, 0.4) is 0 Å². The second-order valence-electron chi connectivity index (χ2n) is 26.0. The number of aliphatic carboxylic acids is 1. The van der Waals surface area contributed by atoms with Crippen molar-refractivity contribution in [1.82, 2.24) is 50.8 Å². The average Bonchev–Trinajstić information content (AvgIpc) is 1.64. The van der Waals surface area contributed by atoms with Crippen LogP contribution in [0.4, 0.5) is 21.9 Å². The number of amides is 5. The highest BCUT2D eigenvalue weighted by Gasteiger charge is 2.45. The van der Waals surface area contributed by atoms with E-state index in [9.17, 15) is 28.8 Å². The van der Waals surface area contributed by atoms with Crippen molar-refractivity contribution in [2.24, 2.45) is 27.1 Å². The summed E-state index contributed by atoms with van der Waals surface area (Å²) in [6, 6.07) is 30.3. The molecule has 0 radical (unpaired) electrons. The Kier molecular flexibility index (Phi) is 26.4. The molecule has 26 heteroatoms. The van der Waals surface area contributed by atoms with E-state index in [0.717, 1.165) is 69.1 Å². The Morgan fingerprint density at radius 3 is 1.28 bits per heavy atom. The van der Waals surface area contributed by atoms with Crippen LogP contribution in [0.2, 0.25) is 0 Å². The highest BCUT2D eigenvalue weighted by Crippen LogP contribution is 2.49. The molecule has 0 bridgehead atoms. The molecule has 24 nitrogen and oxygen atoms in total. The summed E-state index contributed by atoms with van der Waals surface area (Å²) in [5, 5.41) is 28.6. The standard InChI is InChI=1S/C25H23N5O2.C20H23N5O3.C15H15N5O.C10H10O2.C5H9N.2ClH/c1-30(2)10-6-9-21-20-14-26-29-25(32)19-11-16(12-22(28-21)23(19)20)27-24(31)18-13-17(18)15-7-4-3-5-8-15;1-20(2,3)28-19(27)22-12-9-13-17-14(11-21-24-18(13)26)15(23-16(17)10-12)7-6-8-25(4)5;1-20(2)5-3-4-12-11-8-17-19-15(21)10-6-9(16)7-13(18-12)14(10)11;11-10(12)9-6-8(9)7-4-2-1-3-5-7;1-4-5-6(2)3;;/h3-5,7-8,11-12,14,17-18,28H,10,13H2,1-2H3,(H,27,31)(H,29,32);9-11,23H,8H2,1-5H3,(H,22,27)(H,24,26);6-8,18H,5,16H2,1-2H3,(H,19,21);1-5,8-9H,6H2,(H,11,12);1H,5H2,2-3H3;2*1H/t17-,18+;;;8-,9+;;;/m0..0.../s1. The second-order valence-corrected chi connectivity index (χ2v) is 26.0. The number of aromatic nitrogens is 3. The number of nitrogens with two attached hydrogens (primary N) is 1. The summed E-state index contributed by atoms with van der Waals surface area (Å²) in [4.78, 5) is 90.2. The quantitative estimate of drug-likeness (QED) is 0.0452. The minimum absolute atomic E-state index is 0. The van der Waals surface area contributed by atoms with Crippen molar-refractivity contribution in [3.63, 3.8) is 0 Å². The number of carbonyl (C=O) groups is 6. The summed E-state index contributed by atoms with van der Waals surface area (Å²) in [6.45, 7) is 7.94. The predicted octanol–water partition coefficient (Wildman–Crippen LogP) is 9.05. The summed E-state index contributed by atoms with van der Waals surface area (Å²) in [7, 11) is 15.6. The molecular formula is C75H82Cl2N16O8. The lowest BCUT2D eigenvalue weighted by atomic mass is 10.0. The van der Waals surface area contributed by atoms with Gasteiger partial charge in [0.2, 0.25) is 5.91 Å². The molecule has 3 aliphatic heterocycles. The number of H-pyrrole nitrogens is 3. The van der Waals surface area contributed by atoms with Gasteiger partial charge in [-0.2, -0.15) is 15.3 Å². The minimum atomic E-state index is -0.663. The van der Waals surface area contributed by atoms with Crippen LogP contribution in [0.25, 0.3) is 32.7 Å². The van der Waals surface area contributed by atoms with Crippen LogP contribution in [0, 0.1) is 59.7 Å². The monoisotopic (exact) mass is 1400 g/mol. The zero-order chi connectivity index (χ0) is 71.2. The SMILES string of the molecule is C#CCN(C)C.CN(C)CC#Cc1[nH]c2cc(N)cc3c2c1C=NNC3=O.CN(C)CC#Cc1[nH]c2cc(NC(=O)OC(C)(C)C)cc3c2c1C=NNC3=O.CN(C)CC#Cc1[nH]c2cc(NC(=O)[C@@H]3C[C@H]3c3ccccc3)cc3c2c1C=NNC3=O.Cl.Cl.O=C(O)[C@@H]1C[C@H]1c1ccccc1. The lowest BCUT2D eigenvalue weighted by molar-refractivity contribution is -0.138. The van der Waals surface area contributed by atoms with E-state index in [2.05, 4.69) is 111 Å². The fourth-order valence-corrected chi connectivity index (χ4v) is 10.9. The molecule has 6 heterocycles. The lowest BCUT2D eigenvalue weighted by Gasteiger charge is -2.19. The van der Waals surface area contributed by atoms with E-state index in [4.69, 9.17) is 22.0 Å². The molecule has 524 valence electrons. The van der Waals surface area contributed by atoms with Gasteiger partial charge >= 0.3 is 12.1 Å². The first-order chi connectivity index (χ1) is 47.3. The maximum Gasteiger partial charge on any atom is 0.412 e. The number of carboxylic acids is 1. The summed E-state index contributed by atoms with van der Waals surface area (Å²) in [5.41, 5.74) is 24.5. The molecule has 11 N–H and O–H groups in total. The van der Waals surface area contributed by atoms with Gasteiger partial charge in [0, 0.05) is 72.4 Å². The maximum atomic E-state index is 12.9. The molecule has 3 aromatic heterocycles. The van der Waals surface area contributed by atoms with Crippen molar-refractivity contribution in [3.05, 3.63) is 159 Å². The Balaban J connectivity index is 0.000000190. The van der Waals surface area contributed by atoms with Crippen molar-refractivity contribution >= 4 is 129 Å². The average molecular weight is 1410 g/mol. The molecule has 0 unspecified atom stereocenters. The highest BCUT2D eigenvalue weighted by molar-refractivity contribution is 6.19. The van der Waals surface area contributed by atoms with Crippen LogP contribution in [-0.2, 0) is 14.3 Å². The van der Waals surface area contributed by atoms with Crippen LogP contribution in [0.15, 0.2) is 112 Å². The molecule has 4 atom stereocenters. The van der Waals surface area contributed by atoms with Gasteiger partial charge in [0.1, 0.15) is 5.60 Å². The van der Waals surface area contributed by atoms with Crippen LogP contribution < -0.4 is 32.6 Å². The van der Waals surface area contributed by atoms with Crippen molar-refractivity contribution in [3.8, 4) is 47.9 Å². The Morgan fingerprint density at radius 2 is 0.921 bits per heavy atom. The number of hydrazone groups is 3. The maximum absolute atomic E-state index is 12.9. The Hall–Kier alpha value is -11.2. The molecule has 0 saturated heterocycles. The van der Waals surface area contributed by atoms with Gasteiger partial charge in [-0.05, 0) is 167 Å². The van der Waals surface area contributed by atoms with Gasteiger partial charge in [-0.15, -0.1) is 31.2 Å². The zero-order valence-electron chi connectivity index (χ0n) is 57.9. The van der Waals surface area contributed by atoms with Crippen LogP contribution >= 0.6 is 24.8 Å². The molecule has 5 aliphatic rings. The topological polar surface area (TPSA) is 315 Å². The summed E-state index contributed by atoms with van der Waals surface area (Å²) in [6.07, 6.45) is 10.8. The second kappa shape index (κ2) is 34.5. The summed E-state index contributed by atoms with van der Waals surface area (Å²) >= 11 is 0. The van der Waals surface area contributed by atoms with E-state index >= 15 is 0 Å². The number of terminal acetylenes is 1. The fraction of sp³-hybridized carbons (Fsp3) is 0.293. The number of benzene rings is 5. The number of nitrogen functional groups attached to an aromatic ring is 1. The van der Waals surface area contributed by atoms with E-state index in [1.807, 2.05) is 131 Å². The number of hydrogen-bond acceptors (Lipinski definition) is 15. The van der Waals surface area contributed by atoms with Crippen LogP contribution in [-0.4, -0.2) is 182 Å². The summed E-state index contributed by atoms with van der Waals surface area (Å²) in [5.74, 6) is 19.7. The number of rotatable bonds is 10. The third-order valence-electron chi connectivity index (χ3n) is 15.5. The lowest BCUT2D eigenvalue weighted by Crippen LogP contribution is -2.27. The largest absolute Gasteiger partial charge is 0.481 e. The highest BCUT2D eigenvalue weighted by atomic mass is 35.5. The van der Waals surface area contributed by atoms with Crippen LogP contribution in [0.1, 0.15) is 121 Å². The van der Waals surface area contributed by atoms with Gasteiger partial charge in [-0.3, -0.25) is 48.9 Å². The van der Waals surface area contributed by atoms with Crippen molar-refractivity contribution < 1.29 is 38.6 Å². The third-order valence-corrected chi connectivity index (χ3v) is 15.5. The number of aromatic amines is 3. The van der Waals surface area contributed by atoms with E-state index < -0.39 is 17.7 Å². The van der Waals surface area contributed by atoms with E-state index in [1.54, 1.807) is 69.7 Å². The Bertz CT molecular complexity index is 4750. The molecule has 2 saturated carbocycles. The van der Waals surface area contributed by atoms with E-state index in [0.29, 0.717) is 75.7 Å². The number of nitrogens with one attached hydrogen (secondary N) is 8. The number of hydrogen-bond donors (Lipinski definition) is 10. The number of carboxylic acid groups (broad SMARTS) is 1. The molecule has 2 fully saturated rings. The fourth-order valence-electron chi connectivity index (χ4n) is 10.9. The molecular weight excluding hydrogens is 1320 g/mol. The number of nitrogens with zero attached hydrogens (tertiary/aromatic N) is 7. The first-order valence-electron chi connectivity index (χ1n) is 31.7. The van der Waals surface area contributed by atoms with Gasteiger partial charge in [0.25, 0.3) is 17.7 Å². The van der Waals surface area contributed by atoms with Gasteiger partial charge in [0.05, 0.1) is 84.5 Å². The van der Waals surface area contributed by atoms with Gasteiger partial charge in [0.15, 0.2) is 0 Å². The van der Waals surface area contributed by atoms with Crippen molar-refractivity contribution in [2.75, 3.05) is 98.9 Å². The number of anilines is 3. The molecule has 5 amide bonds. The molecule has 2 aliphatic carbocycles. The number of carbonyl (C=O) groups excluding carboxylic acids is 5. The van der Waals surface area contributed by atoms with Crippen molar-refractivity contribution in [2.45, 2.75) is 51.0 Å². The smallest absolute Gasteiger partial charge is 0.412 e. The Morgan fingerprint density at radius 1 is 0.554 bits per heavy atom. The van der Waals surface area contributed by atoms with Gasteiger partial charge in [-0.25, -0.2) is 21.1 Å². The van der Waals surface area contributed by atoms with E-state index in [1.165, 1.54) is 5.56 Å². The predicted molar refractivity (Wildman–Crippen MR) is 403 cm³/mol. The van der Waals surface area contributed by atoms with Gasteiger partial charge < -0.3 is 35.8 Å². The number of halogens is 2. The first-order valence-corrected chi connectivity index (χ1v) is 31.7.